The molecule has 8 heteroatoms. The number of amides is 2. The van der Waals surface area contributed by atoms with Crippen molar-refractivity contribution >= 4 is 28.8 Å². The topological polar surface area (TPSA) is 94.8 Å². The van der Waals surface area contributed by atoms with Gasteiger partial charge >= 0.3 is 0 Å². The second-order valence-electron chi connectivity index (χ2n) is 6.93. The molecule has 1 aliphatic heterocycles. The van der Waals surface area contributed by atoms with E-state index in [0.29, 0.717) is 39.2 Å². The maximum atomic E-state index is 13.5. The van der Waals surface area contributed by atoms with Crippen LogP contribution in [0.25, 0.3) is 10.6 Å². The number of nitrogens with two attached hydrogens (primary N) is 1. The zero-order chi connectivity index (χ0) is 21.4. The maximum Gasteiger partial charge on any atom is 0.271 e. The van der Waals surface area contributed by atoms with Crippen LogP contribution in [-0.2, 0) is 11.2 Å². The summed E-state index contributed by atoms with van der Waals surface area (Å²) in [6, 6.07) is 12.3. The van der Waals surface area contributed by atoms with E-state index in [1.807, 2.05) is 36.4 Å². The third-order valence-electron chi connectivity index (χ3n) is 5.14. The van der Waals surface area contributed by atoms with Crippen LogP contribution in [0.4, 0.5) is 5.69 Å². The van der Waals surface area contributed by atoms with Gasteiger partial charge in [0.2, 0.25) is 5.91 Å². The molecule has 2 N–H and O–H groups in total. The molecule has 0 spiro atoms. The van der Waals surface area contributed by atoms with Crippen LogP contribution in [0.3, 0.4) is 0 Å². The Morgan fingerprint density at radius 2 is 1.87 bits per heavy atom. The molecule has 2 heterocycles. The highest BCUT2D eigenvalue weighted by Gasteiger charge is 2.38. The summed E-state index contributed by atoms with van der Waals surface area (Å²) in [6.07, 6.45) is 0.414. The molecule has 3 aromatic rings. The van der Waals surface area contributed by atoms with Gasteiger partial charge in [0.1, 0.15) is 15.9 Å². The lowest BCUT2D eigenvalue weighted by Crippen LogP contribution is -2.46. The fraction of sp³-hybridized carbons (Fsp3) is 0.227. The number of nitrogens with zero attached hydrogens (tertiary/aromatic N) is 2. The van der Waals surface area contributed by atoms with Gasteiger partial charge in [-0.25, -0.2) is 4.98 Å². The third kappa shape index (κ3) is 3.29. The maximum absolute atomic E-state index is 13.5. The second-order valence-corrected chi connectivity index (χ2v) is 7.93. The normalized spacial score (nSPS) is 15.0. The van der Waals surface area contributed by atoms with Crippen LogP contribution in [0.1, 0.15) is 20.9 Å². The third-order valence-corrected chi connectivity index (χ3v) is 6.34. The number of benzene rings is 2. The van der Waals surface area contributed by atoms with Crippen LogP contribution in [0.2, 0.25) is 0 Å². The number of rotatable bonds is 5. The van der Waals surface area contributed by atoms with Gasteiger partial charge in [0, 0.05) is 17.7 Å². The quantitative estimate of drug-likeness (QED) is 0.680. The molecular formula is C22H21N3O4S. The predicted octanol–water partition coefficient (Wildman–Crippen LogP) is 3.19. The SMILES string of the molecule is COc1ccc(-c2nc(C)c(C(=O)N3c4ccccc4C[C@H]3C(N)=O)s2)cc1OC. The minimum atomic E-state index is -0.707. The van der Waals surface area contributed by atoms with E-state index in [2.05, 4.69) is 4.98 Å². The molecule has 0 saturated heterocycles. The first-order chi connectivity index (χ1) is 14.4. The molecule has 0 aliphatic carbocycles. The summed E-state index contributed by atoms with van der Waals surface area (Å²) >= 11 is 1.28. The molecule has 0 saturated carbocycles. The molecule has 1 atom stereocenters. The number of fused-ring (bicyclic) bond motifs is 1. The highest BCUT2D eigenvalue weighted by atomic mass is 32.1. The van der Waals surface area contributed by atoms with E-state index < -0.39 is 11.9 Å². The highest BCUT2D eigenvalue weighted by molar-refractivity contribution is 7.17. The number of primary amides is 1. The molecule has 0 fully saturated rings. The zero-order valence-corrected chi connectivity index (χ0v) is 17.7. The van der Waals surface area contributed by atoms with E-state index in [9.17, 15) is 9.59 Å². The Morgan fingerprint density at radius 1 is 1.13 bits per heavy atom. The van der Waals surface area contributed by atoms with Crippen molar-refractivity contribution < 1.29 is 19.1 Å². The Labute approximate surface area is 178 Å². The summed E-state index contributed by atoms with van der Waals surface area (Å²) in [6.45, 7) is 1.79. The fourth-order valence-corrected chi connectivity index (χ4v) is 4.66. The lowest BCUT2D eigenvalue weighted by atomic mass is 10.1. The van der Waals surface area contributed by atoms with Crippen molar-refractivity contribution in [3.63, 3.8) is 0 Å². The molecular weight excluding hydrogens is 402 g/mol. The molecule has 7 nitrogen and oxygen atoms in total. The number of hydrogen-bond donors (Lipinski definition) is 1. The largest absolute Gasteiger partial charge is 0.493 e. The number of aryl methyl sites for hydroxylation is 1. The number of carbonyl (C=O) groups is 2. The van der Waals surface area contributed by atoms with Crippen molar-refractivity contribution in [2.24, 2.45) is 5.73 Å². The molecule has 1 aromatic heterocycles. The van der Waals surface area contributed by atoms with Crippen molar-refractivity contribution in [1.29, 1.82) is 0 Å². The Hall–Kier alpha value is -3.39. The van der Waals surface area contributed by atoms with Crippen molar-refractivity contribution in [2.45, 2.75) is 19.4 Å². The monoisotopic (exact) mass is 423 g/mol. The number of anilines is 1. The molecule has 0 bridgehead atoms. The summed E-state index contributed by atoms with van der Waals surface area (Å²) in [5, 5.41) is 0.680. The van der Waals surface area contributed by atoms with Crippen molar-refractivity contribution in [1.82, 2.24) is 4.98 Å². The zero-order valence-electron chi connectivity index (χ0n) is 16.8. The summed E-state index contributed by atoms with van der Waals surface area (Å²) in [5.74, 6) is 0.397. The molecule has 0 unspecified atom stereocenters. The van der Waals surface area contributed by atoms with Crippen LogP contribution < -0.4 is 20.1 Å². The Bertz CT molecular complexity index is 1140. The van der Waals surface area contributed by atoms with Gasteiger partial charge in [-0.3, -0.25) is 14.5 Å². The number of hydrogen-bond acceptors (Lipinski definition) is 6. The van der Waals surface area contributed by atoms with E-state index in [4.69, 9.17) is 15.2 Å². The first-order valence-electron chi connectivity index (χ1n) is 9.35. The summed E-state index contributed by atoms with van der Waals surface area (Å²) in [4.78, 5) is 32.1. The predicted molar refractivity (Wildman–Crippen MR) is 115 cm³/mol. The van der Waals surface area contributed by atoms with E-state index in [1.54, 1.807) is 27.2 Å². The molecule has 154 valence electrons. The van der Waals surface area contributed by atoms with E-state index in [0.717, 1.165) is 11.1 Å². The van der Waals surface area contributed by atoms with Crippen molar-refractivity contribution in [3.05, 3.63) is 58.6 Å². The number of ether oxygens (including phenoxy) is 2. The summed E-state index contributed by atoms with van der Waals surface area (Å²) in [5.41, 5.74) is 8.66. The summed E-state index contributed by atoms with van der Waals surface area (Å²) in [7, 11) is 3.14. The van der Waals surface area contributed by atoms with Crippen LogP contribution in [-0.4, -0.2) is 37.1 Å². The first-order valence-corrected chi connectivity index (χ1v) is 10.2. The van der Waals surface area contributed by atoms with Gasteiger partial charge in [-0.2, -0.15) is 0 Å². The lowest BCUT2D eigenvalue weighted by molar-refractivity contribution is -0.119. The Morgan fingerprint density at radius 3 is 2.57 bits per heavy atom. The molecule has 2 amide bonds. The van der Waals surface area contributed by atoms with Gasteiger partial charge in [0.15, 0.2) is 11.5 Å². The number of methoxy groups -OCH3 is 2. The summed E-state index contributed by atoms with van der Waals surface area (Å²) < 4.78 is 10.7. The van der Waals surface area contributed by atoms with Crippen LogP contribution in [0.5, 0.6) is 11.5 Å². The van der Waals surface area contributed by atoms with Crippen LogP contribution >= 0.6 is 11.3 Å². The average molecular weight is 423 g/mol. The average Bonchev–Trinajstić information content (AvgIpc) is 3.33. The molecule has 4 rings (SSSR count). The number of aromatic nitrogens is 1. The van der Waals surface area contributed by atoms with Crippen LogP contribution in [0, 0.1) is 6.92 Å². The van der Waals surface area contributed by atoms with E-state index >= 15 is 0 Å². The molecule has 2 aromatic carbocycles. The number of thiazole rings is 1. The first kappa shape index (κ1) is 19.9. The minimum absolute atomic E-state index is 0.273. The van der Waals surface area contributed by atoms with Gasteiger partial charge < -0.3 is 15.2 Å². The van der Waals surface area contributed by atoms with E-state index in [1.165, 1.54) is 16.2 Å². The van der Waals surface area contributed by atoms with Gasteiger partial charge in [-0.05, 0) is 36.8 Å². The molecule has 0 radical (unpaired) electrons. The molecule has 1 aliphatic rings. The standard InChI is InChI=1S/C22H21N3O4S/c1-12-19(30-21(24-12)14-8-9-17(28-2)18(11-14)29-3)22(27)25-15-7-5-4-6-13(15)10-16(25)20(23)26/h4-9,11,16H,10H2,1-3H3,(H2,23,26)/t16-/m0/s1. The van der Waals surface area contributed by atoms with Crippen LogP contribution in [0.15, 0.2) is 42.5 Å². The smallest absolute Gasteiger partial charge is 0.271 e. The van der Waals surface area contributed by atoms with Gasteiger partial charge in [0.05, 0.1) is 19.9 Å². The fourth-order valence-electron chi connectivity index (χ4n) is 3.66. The van der Waals surface area contributed by atoms with Gasteiger partial charge in [-0.15, -0.1) is 11.3 Å². The Kier molecular flexibility index (Phi) is 5.17. The van der Waals surface area contributed by atoms with Gasteiger partial charge in [0.25, 0.3) is 5.91 Å². The van der Waals surface area contributed by atoms with Crippen molar-refractivity contribution in [3.8, 4) is 22.1 Å². The number of carbonyl (C=O) groups excluding carboxylic acids is 2. The lowest BCUT2D eigenvalue weighted by Gasteiger charge is -2.22. The highest BCUT2D eigenvalue weighted by Crippen LogP contribution is 2.38. The Balaban J connectivity index is 1.73. The minimum Gasteiger partial charge on any atom is -0.493 e. The number of para-hydroxylation sites is 1. The van der Waals surface area contributed by atoms with E-state index in [-0.39, 0.29) is 5.91 Å². The second kappa shape index (κ2) is 7.79. The van der Waals surface area contributed by atoms with Gasteiger partial charge in [-0.1, -0.05) is 18.2 Å². The van der Waals surface area contributed by atoms with Crippen molar-refractivity contribution in [2.75, 3.05) is 19.1 Å². The molecule has 30 heavy (non-hydrogen) atoms.